The summed E-state index contributed by atoms with van der Waals surface area (Å²) in [7, 11) is 4.03. The van der Waals surface area contributed by atoms with Crippen LogP contribution in [0.2, 0.25) is 0 Å². The fraction of sp³-hybridized carbons (Fsp3) is 0.733. The summed E-state index contributed by atoms with van der Waals surface area (Å²) in [5, 5.41) is 7.08. The Kier molecular flexibility index (Phi) is 5.17. The lowest BCUT2D eigenvalue weighted by Crippen LogP contribution is -2.37. The number of amides is 1. The highest BCUT2D eigenvalue weighted by Gasteiger charge is 2.20. The van der Waals surface area contributed by atoms with Gasteiger partial charge < -0.3 is 9.80 Å². The van der Waals surface area contributed by atoms with E-state index in [1.54, 1.807) is 4.90 Å². The lowest BCUT2D eigenvalue weighted by molar-refractivity contribution is -0.130. The molecule has 20 heavy (non-hydrogen) atoms. The van der Waals surface area contributed by atoms with Gasteiger partial charge in [-0.15, -0.1) is 0 Å². The van der Waals surface area contributed by atoms with E-state index >= 15 is 0 Å². The summed E-state index contributed by atoms with van der Waals surface area (Å²) >= 11 is 0. The molecule has 0 spiro atoms. The van der Waals surface area contributed by atoms with Gasteiger partial charge in [0, 0.05) is 25.2 Å². The van der Waals surface area contributed by atoms with E-state index in [9.17, 15) is 4.79 Å². The lowest BCUT2D eigenvalue weighted by atomic mass is 9.98. The minimum Gasteiger partial charge on any atom is -0.340 e. The molecule has 1 aliphatic heterocycles. The predicted octanol–water partition coefficient (Wildman–Crippen LogP) is 1.94. The van der Waals surface area contributed by atoms with Gasteiger partial charge in [0.25, 0.3) is 0 Å². The first-order valence-electron chi connectivity index (χ1n) is 7.51. The Morgan fingerprint density at radius 1 is 1.55 bits per heavy atom. The molecule has 1 amide bonds. The van der Waals surface area contributed by atoms with Crippen molar-refractivity contribution in [3.8, 4) is 0 Å². The molecule has 0 bridgehead atoms. The largest absolute Gasteiger partial charge is 0.340 e. The number of hydrogen-bond donors (Lipinski definition) is 1. The van der Waals surface area contributed by atoms with Gasteiger partial charge in [0.15, 0.2) is 0 Å². The monoisotopic (exact) mass is 278 g/mol. The fourth-order valence-corrected chi connectivity index (χ4v) is 2.88. The van der Waals surface area contributed by atoms with Gasteiger partial charge in [0.1, 0.15) is 0 Å². The Labute approximate surface area is 121 Å². The number of piperidine rings is 1. The quantitative estimate of drug-likeness (QED) is 0.895. The van der Waals surface area contributed by atoms with Crippen LogP contribution in [-0.4, -0.2) is 52.6 Å². The smallest absolute Gasteiger partial charge is 0.222 e. The molecular formula is C15H26N4O. The summed E-state index contributed by atoms with van der Waals surface area (Å²) < 4.78 is 0. The van der Waals surface area contributed by atoms with Crippen LogP contribution in [0.1, 0.15) is 43.5 Å². The third kappa shape index (κ3) is 4.07. The third-order valence-electron chi connectivity index (χ3n) is 4.20. The molecule has 5 nitrogen and oxygen atoms in total. The van der Waals surface area contributed by atoms with E-state index < -0.39 is 0 Å². The Hall–Kier alpha value is -1.36. The molecule has 1 atom stereocenters. The number of nitrogens with zero attached hydrogens (tertiary/aromatic N) is 3. The second kappa shape index (κ2) is 6.88. The number of aromatic nitrogens is 2. The van der Waals surface area contributed by atoms with Gasteiger partial charge in [-0.25, -0.2) is 0 Å². The molecule has 0 saturated carbocycles. The van der Waals surface area contributed by atoms with Gasteiger partial charge in [0.2, 0.25) is 5.91 Å². The van der Waals surface area contributed by atoms with Crippen molar-refractivity contribution in [2.24, 2.45) is 0 Å². The molecule has 1 aliphatic rings. The second-order valence-electron chi connectivity index (χ2n) is 5.96. The molecule has 1 fully saturated rings. The average Bonchev–Trinajstić information content (AvgIpc) is 2.82. The zero-order chi connectivity index (χ0) is 14.5. The highest BCUT2D eigenvalue weighted by atomic mass is 16.2. The number of H-pyrrole nitrogens is 1. The Balaban J connectivity index is 1.76. The molecule has 1 saturated heterocycles. The Bertz CT molecular complexity index is 443. The van der Waals surface area contributed by atoms with Crippen LogP contribution in [0.4, 0.5) is 0 Å². The first-order chi connectivity index (χ1) is 9.56. The van der Waals surface area contributed by atoms with Crippen molar-refractivity contribution in [1.82, 2.24) is 20.0 Å². The van der Waals surface area contributed by atoms with Gasteiger partial charge in [-0.1, -0.05) is 6.42 Å². The molecule has 0 aliphatic carbocycles. The van der Waals surface area contributed by atoms with Crippen LogP contribution in [0.15, 0.2) is 6.07 Å². The molecule has 2 heterocycles. The SMILES string of the molecule is Cc1cc(CN(C)C(=O)CC[C@H]2CCCCN2C)n[nH]1. The Morgan fingerprint density at radius 3 is 3.00 bits per heavy atom. The number of rotatable bonds is 5. The number of hydrogen-bond acceptors (Lipinski definition) is 3. The predicted molar refractivity (Wildman–Crippen MR) is 79.3 cm³/mol. The van der Waals surface area contributed by atoms with Crippen molar-refractivity contribution in [2.75, 3.05) is 20.6 Å². The van der Waals surface area contributed by atoms with Crippen LogP contribution < -0.4 is 0 Å². The zero-order valence-corrected chi connectivity index (χ0v) is 12.9. The second-order valence-corrected chi connectivity index (χ2v) is 5.96. The van der Waals surface area contributed by atoms with E-state index in [2.05, 4.69) is 22.1 Å². The van der Waals surface area contributed by atoms with Crippen molar-refractivity contribution in [3.05, 3.63) is 17.5 Å². The van der Waals surface area contributed by atoms with E-state index in [0.29, 0.717) is 19.0 Å². The molecule has 0 unspecified atom stereocenters. The number of carbonyl (C=O) groups is 1. The fourth-order valence-electron chi connectivity index (χ4n) is 2.88. The maximum atomic E-state index is 12.2. The summed E-state index contributed by atoms with van der Waals surface area (Å²) in [5.41, 5.74) is 1.96. The van der Waals surface area contributed by atoms with E-state index in [0.717, 1.165) is 17.8 Å². The van der Waals surface area contributed by atoms with Crippen LogP contribution in [0.5, 0.6) is 0 Å². The van der Waals surface area contributed by atoms with Crippen molar-refractivity contribution < 1.29 is 4.79 Å². The topological polar surface area (TPSA) is 52.2 Å². The molecule has 1 aromatic rings. The molecule has 1 N–H and O–H groups in total. The molecule has 0 radical (unpaired) electrons. The lowest BCUT2D eigenvalue weighted by Gasteiger charge is -2.32. The highest BCUT2D eigenvalue weighted by Crippen LogP contribution is 2.19. The highest BCUT2D eigenvalue weighted by molar-refractivity contribution is 5.75. The molecule has 2 rings (SSSR count). The Morgan fingerprint density at radius 2 is 2.35 bits per heavy atom. The van der Waals surface area contributed by atoms with Gasteiger partial charge in [0.05, 0.1) is 12.2 Å². The number of likely N-dealkylation sites (tertiary alicyclic amines) is 1. The molecule has 1 aromatic heterocycles. The summed E-state index contributed by atoms with van der Waals surface area (Å²) in [6.45, 7) is 3.72. The molecule has 0 aromatic carbocycles. The number of aryl methyl sites for hydroxylation is 1. The minimum absolute atomic E-state index is 0.213. The third-order valence-corrected chi connectivity index (χ3v) is 4.20. The maximum Gasteiger partial charge on any atom is 0.222 e. The summed E-state index contributed by atoms with van der Waals surface area (Å²) in [6.07, 6.45) is 5.42. The van der Waals surface area contributed by atoms with E-state index in [4.69, 9.17) is 0 Å². The summed E-state index contributed by atoms with van der Waals surface area (Å²) in [6, 6.07) is 2.56. The van der Waals surface area contributed by atoms with Gasteiger partial charge in [-0.3, -0.25) is 9.89 Å². The standard InChI is InChI=1S/C15H26N4O/c1-12-10-13(17-16-12)11-19(3)15(20)8-7-14-6-4-5-9-18(14)2/h10,14H,4-9,11H2,1-3H3,(H,16,17)/t14-/m1/s1. The van der Waals surface area contributed by atoms with Crippen molar-refractivity contribution in [3.63, 3.8) is 0 Å². The molecule has 5 heteroatoms. The zero-order valence-electron chi connectivity index (χ0n) is 12.9. The first-order valence-corrected chi connectivity index (χ1v) is 7.51. The average molecular weight is 278 g/mol. The van der Waals surface area contributed by atoms with Crippen LogP contribution in [0.3, 0.4) is 0 Å². The van der Waals surface area contributed by atoms with Crippen molar-refractivity contribution in [2.45, 2.75) is 51.6 Å². The van der Waals surface area contributed by atoms with E-state index in [1.807, 2.05) is 20.0 Å². The molecule has 112 valence electrons. The van der Waals surface area contributed by atoms with Crippen molar-refractivity contribution >= 4 is 5.91 Å². The van der Waals surface area contributed by atoms with Crippen molar-refractivity contribution in [1.29, 1.82) is 0 Å². The van der Waals surface area contributed by atoms with Gasteiger partial charge in [-0.2, -0.15) is 5.10 Å². The minimum atomic E-state index is 0.213. The van der Waals surface area contributed by atoms with Gasteiger partial charge in [-0.05, 0) is 45.8 Å². The first kappa shape index (κ1) is 15.0. The van der Waals surface area contributed by atoms with Crippen LogP contribution in [-0.2, 0) is 11.3 Å². The van der Waals surface area contributed by atoms with Crippen LogP contribution in [0, 0.1) is 6.92 Å². The summed E-state index contributed by atoms with van der Waals surface area (Å²) in [5.74, 6) is 0.213. The van der Waals surface area contributed by atoms with Gasteiger partial charge >= 0.3 is 0 Å². The normalized spacial score (nSPS) is 20.1. The van der Waals surface area contributed by atoms with Crippen LogP contribution in [0.25, 0.3) is 0 Å². The van der Waals surface area contributed by atoms with E-state index in [1.165, 1.54) is 25.8 Å². The maximum absolute atomic E-state index is 12.2. The van der Waals surface area contributed by atoms with Crippen LogP contribution >= 0.6 is 0 Å². The number of nitrogens with one attached hydrogen (secondary N) is 1. The molecular weight excluding hydrogens is 252 g/mol. The summed E-state index contributed by atoms with van der Waals surface area (Å²) in [4.78, 5) is 16.3. The van der Waals surface area contributed by atoms with E-state index in [-0.39, 0.29) is 5.91 Å². The number of aromatic amines is 1. The number of carbonyl (C=O) groups excluding carboxylic acids is 1.